The highest BCUT2D eigenvalue weighted by Crippen LogP contribution is 2.16. The van der Waals surface area contributed by atoms with Crippen molar-refractivity contribution in [2.75, 3.05) is 25.1 Å². The van der Waals surface area contributed by atoms with E-state index in [1.807, 2.05) is 32.5 Å². The van der Waals surface area contributed by atoms with Crippen molar-refractivity contribution < 1.29 is 9.53 Å². The van der Waals surface area contributed by atoms with Crippen molar-refractivity contribution in [1.29, 1.82) is 0 Å². The van der Waals surface area contributed by atoms with E-state index in [9.17, 15) is 4.79 Å². The number of nitrogens with one attached hydrogen (secondary N) is 2. The Bertz CT molecular complexity index is 316. The van der Waals surface area contributed by atoms with Gasteiger partial charge < -0.3 is 15.4 Å². The summed E-state index contributed by atoms with van der Waals surface area (Å²) < 4.78 is 5.32. The Hall–Kier alpha value is -0.420. The maximum Gasteiger partial charge on any atom is 0.407 e. The van der Waals surface area contributed by atoms with E-state index in [4.69, 9.17) is 4.74 Å². The van der Waals surface area contributed by atoms with Crippen molar-refractivity contribution >= 4 is 17.9 Å². The predicted octanol–water partition coefficient (Wildman–Crippen LogP) is 4.05. The number of hydrogen-bond donors (Lipinski definition) is 2. The van der Waals surface area contributed by atoms with Crippen molar-refractivity contribution in [3.8, 4) is 0 Å². The molecule has 0 aromatic heterocycles. The first kappa shape index (κ1) is 21.6. The van der Waals surface area contributed by atoms with E-state index >= 15 is 0 Å². The van der Waals surface area contributed by atoms with Gasteiger partial charge in [-0.25, -0.2) is 4.79 Å². The van der Waals surface area contributed by atoms with Gasteiger partial charge in [0.05, 0.1) is 0 Å². The molecule has 22 heavy (non-hydrogen) atoms. The molecule has 0 bridgehead atoms. The summed E-state index contributed by atoms with van der Waals surface area (Å²) in [6, 6.07) is 0. The molecule has 1 amide bonds. The van der Waals surface area contributed by atoms with E-state index in [2.05, 4.69) is 37.7 Å². The number of thioether (sulfide) groups is 1. The molecule has 0 spiro atoms. The summed E-state index contributed by atoms with van der Waals surface area (Å²) in [6.45, 7) is 13.8. The topological polar surface area (TPSA) is 50.4 Å². The molecule has 0 aliphatic heterocycles. The Morgan fingerprint density at radius 2 is 1.82 bits per heavy atom. The molecule has 1 unspecified atom stereocenters. The molecule has 0 heterocycles. The number of carbonyl (C=O) groups is 1. The lowest BCUT2D eigenvalue weighted by molar-refractivity contribution is 0.0507. The molecule has 0 rings (SSSR count). The minimum absolute atomic E-state index is 0.0928. The third-order valence-electron chi connectivity index (χ3n) is 3.21. The number of unbranched alkanes of at least 4 members (excludes halogenated alkanes) is 1. The van der Waals surface area contributed by atoms with Crippen molar-refractivity contribution in [2.45, 2.75) is 71.9 Å². The summed E-state index contributed by atoms with van der Waals surface area (Å²) in [4.78, 5) is 11.8. The highest BCUT2D eigenvalue weighted by Gasteiger charge is 2.26. The maximum atomic E-state index is 11.8. The zero-order valence-corrected chi connectivity index (χ0v) is 16.4. The number of ether oxygens (including phenoxy) is 1. The van der Waals surface area contributed by atoms with Crippen molar-refractivity contribution in [3.63, 3.8) is 0 Å². The smallest absolute Gasteiger partial charge is 0.407 e. The van der Waals surface area contributed by atoms with E-state index < -0.39 is 5.60 Å². The first-order chi connectivity index (χ1) is 10.1. The van der Waals surface area contributed by atoms with Crippen LogP contribution in [0.4, 0.5) is 4.79 Å². The summed E-state index contributed by atoms with van der Waals surface area (Å²) >= 11 is 1.89. The van der Waals surface area contributed by atoms with Gasteiger partial charge in [0.1, 0.15) is 5.60 Å². The molecule has 5 heteroatoms. The SMILES string of the molecule is CSCCCCNC(C)(CNC(=O)OC(C)(C)C)CC(C)C. The van der Waals surface area contributed by atoms with Gasteiger partial charge in [0.2, 0.25) is 0 Å². The molecule has 0 saturated heterocycles. The zero-order chi connectivity index (χ0) is 17.2. The first-order valence-electron chi connectivity index (χ1n) is 8.29. The van der Waals surface area contributed by atoms with Crippen LogP contribution in [0, 0.1) is 5.92 Å². The van der Waals surface area contributed by atoms with E-state index in [0.717, 1.165) is 13.0 Å². The minimum atomic E-state index is -0.455. The van der Waals surface area contributed by atoms with Crippen LogP contribution in [-0.2, 0) is 4.74 Å². The van der Waals surface area contributed by atoms with E-state index in [1.165, 1.54) is 18.6 Å². The molecule has 0 aliphatic carbocycles. The van der Waals surface area contributed by atoms with Crippen molar-refractivity contribution in [3.05, 3.63) is 0 Å². The molecule has 132 valence electrons. The monoisotopic (exact) mass is 332 g/mol. The lowest BCUT2D eigenvalue weighted by atomic mass is 9.90. The van der Waals surface area contributed by atoms with E-state index in [0.29, 0.717) is 12.5 Å². The quantitative estimate of drug-likeness (QED) is 0.593. The number of alkyl carbamates (subject to hydrolysis) is 1. The van der Waals surface area contributed by atoms with Crippen molar-refractivity contribution in [1.82, 2.24) is 10.6 Å². The second kappa shape index (κ2) is 10.4. The summed E-state index contributed by atoms with van der Waals surface area (Å²) in [5.41, 5.74) is -0.547. The maximum absolute atomic E-state index is 11.8. The molecule has 0 aliphatic rings. The number of hydrogen-bond acceptors (Lipinski definition) is 4. The summed E-state index contributed by atoms with van der Waals surface area (Å²) in [5.74, 6) is 1.78. The van der Waals surface area contributed by atoms with Gasteiger partial charge in [0, 0.05) is 12.1 Å². The van der Waals surface area contributed by atoms with Crippen LogP contribution in [0.25, 0.3) is 0 Å². The molecule has 1 atom stereocenters. The molecule has 4 nitrogen and oxygen atoms in total. The molecule has 0 radical (unpaired) electrons. The van der Waals surface area contributed by atoms with E-state index in [-0.39, 0.29) is 11.6 Å². The summed E-state index contributed by atoms with van der Waals surface area (Å²) in [6.07, 6.45) is 5.21. The van der Waals surface area contributed by atoms with Crippen LogP contribution in [0.2, 0.25) is 0 Å². The number of carbonyl (C=O) groups excluding carboxylic acids is 1. The molecule has 0 fully saturated rings. The fourth-order valence-electron chi connectivity index (χ4n) is 2.45. The van der Waals surface area contributed by atoms with Crippen molar-refractivity contribution in [2.24, 2.45) is 5.92 Å². The Kier molecular flexibility index (Phi) is 10.2. The molecular formula is C17H36N2O2S. The standard InChI is InChI=1S/C17H36N2O2S/c1-14(2)12-17(6,19-10-8-9-11-22-7)13-18-15(20)21-16(3,4)5/h14,19H,8-13H2,1-7H3,(H,18,20). The van der Waals surface area contributed by atoms with Gasteiger partial charge in [-0.2, -0.15) is 11.8 Å². The minimum Gasteiger partial charge on any atom is -0.444 e. The highest BCUT2D eigenvalue weighted by atomic mass is 32.2. The normalized spacial score (nSPS) is 14.7. The third kappa shape index (κ3) is 12.2. The second-order valence-corrected chi connectivity index (χ2v) is 8.63. The second-order valence-electron chi connectivity index (χ2n) is 7.64. The van der Waals surface area contributed by atoms with Gasteiger partial charge in [-0.15, -0.1) is 0 Å². The first-order valence-corrected chi connectivity index (χ1v) is 9.68. The average molecular weight is 333 g/mol. The molecule has 0 saturated carbocycles. The van der Waals surface area contributed by atoms with Gasteiger partial charge in [0.15, 0.2) is 0 Å². The van der Waals surface area contributed by atoms with Crippen LogP contribution >= 0.6 is 11.8 Å². The van der Waals surface area contributed by atoms with Gasteiger partial charge in [0.25, 0.3) is 0 Å². The number of rotatable bonds is 10. The van der Waals surface area contributed by atoms with Crippen LogP contribution in [-0.4, -0.2) is 42.3 Å². The average Bonchev–Trinajstić information content (AvgIpc) is 2.33. The Labute approximate surface area is 141 Å². The van der Waals surface area contributed by atoms with Crippen LogP contribution in [0.15, 0.2) is 0 Å². The Morgan fingerprint density at radius 1 is 1.18 bits per heavy atom. The largest absolute Gasteiger partial charge is 0.444 e. The van der Waals surface area contributed by atoms with Gasteiger partial charge in [-0.05, 0) is 71.4 Å². The Morgan fingerprint density at radius 3 is 2.32 bits per heavy atom. The van der Waals surface area contributed by atoms with Crippen LogP contribution in [0.5, 0.6) is 0 Å². The lowest BCUT2D eigenvalue weighted by Gasteiger charge is -2.33. The van der Waals surface area contributed by atoms with Crippen LogP contribution in [0.3, 0.4) is 0 Å². The van der Waals surface area contributed by atoms with Crippen LogP contribution in [0.1, 0.15) is 60.8 Å². The van der Waals surface area contributed by atoms with Gasteiger partial charge in [-0.3, -0.25) is 0 Å². The fraction of sp³-hybridized carbons (Fsp3) is 0.941. The Balaban J connectivity index is 4.33. The molecular weight excluding hydrogens is 296 g/mol. The zero-order valence-electron chi connectivity index (χ0n) is 15.5. The van der Waals surface area contributed by atoms with Gasteiger partial charge >= 0.3 is 6.09 Å². The predicted molar refractivity (Wildman–Crippen MR) is 97.7 cm³/mol. The molecule has 2 N–H and O–H groups in total. The lowest BCUT2D eigenvalue weighted by Crippen LogP contribution is -2.53. The van der Waals surface area contributed by atoms with E-state index in [1.54, 1.807) is 0 Å². The number of amides is 1. The highest BCUT2D eigenvalue weighted by molar-refractivity contribution is 7.98. The molecule has 0 aromatic rings. The third-order valence-corrected chi connectivity index (χ3v) is 3.90. The molecule has 0 aromatic carbocycles. The fourth-order valence-corrected chi connectivity index (χ4v) is 2.94. The summed E-state index contributed by atoms with van der Waals surface area (Å²) in [5, 5.41) is 6.53. The summed E-state index contributed by atoms with van der Waals surface area (Å²) in [7, 11) is 0. The van der Waals surface area contributed by atoms with Crippen LogP contribution < -0.4 is 10.6 Å². The van der Waals surface area contributed by atoms with Gasteiger partial charge in [-0.1, -0.05) is 13.8 Å².